The van der Waals surface area contributed by atoms with Gasteiger partial charge in [0, 0.05) is 24.5 Å². The van der Waals surface area contributed by atoms with E-state index in [-0.39, 0.29) is 10.9 Å². The summed E-state index contributed by atoms with van der Waals surface area (Å²) in [5, 5.41) is 20.8. The summed E-state index contributed by atoms with van der Waals surface area (Å²) < 4.78 is 0. The molecule has 134 valence electrons. The van der Waals surface area contributed by atoms with Gasteiger partial charge in [0.1, 0.15) is 22.6 Å². The van der Waals surface area contributed by atoms with Gasteiger partial charge in [-0.05, 0) is 31.2 Å². The topological polar surface area (TPSA) is 141 Å². The minimum absolute atomic E-state index is 0.194. The van der Waals surface area contributed by atoms with Crippen LogP contribution in [0.3, 0.4) is 0 Å². The van der Waals surface area contributed by atoms with Crippen LogP contribution in [0, 0.1) is 22.7 Å². The second-order valence-corrected chi connectivity index (χ2v) is 7.31. The Balaban J connectivity index is 1.83. The molecule has 3 N–H and O–H groups in total. The molecule has 2 aromatic rings. The highest BCUT2D eigenvalue weighted by molar-refractivity contribution is 8.14. The first-order valence-corrected chi connectivity index (χ1v) is 8.87. The van der Waals surface area contributed by atoms with Gasteiger partial charge in [-0.3, -0.25) is 9.78 Å². The number of aromatic nitrogens is 2. The molecule has 9 heteroatoms. The molecule has 0 fully saturated rings. The summed E-state index contributed by atoms with van der Waals surface area (Å²) in [5.41, 5.74) is 6.82. The molecule has 1 amide bonds. The molecule has 27 heavy (non-hydrogen) atoms. The van der Waals surface area contributed by atoms with Crippen molar-refractivity contribution in [2.75, 3.05) is 5.32 Å². The summed E-state index contributed by atoms with van der Waals surface area (Å²) in [7, 11) is 0. The fourth-order valence-corrected chi connectivity index (χ4v) is 3.70. The number of nitrogens with zero attached hydrogens (tertiary/aromatic N) is 5. The lowest BCUT2D eigenvalue weighted by Gasteiger charge is -2.31. The number of aliphatic imine (C=N–C) groups is 1. The van der Waals surface area contributed by atoms with E-state index in [1.54, 1.807) is 18.3 Å². The third-order valence-electron chi connectivity index (χ3n) is 4.04. The number of hydrogen-bond acceptors (Lipinski definition) is 8. The summed E-state index contributed by atoms with van der Waals surface area (Å²) in [6.45, 7) is 1.86. The summed E-state index contributed by atoms with van der Waals surface area (Å²) >= 11 is 1.24. The second-order valence-electron chi connectivity index (χ2n) is 6.09. The molecule has 1 aliphatic heterocycles. The molecule has 3 rings (SSSR count). The molecule has 0 spiro atoms. The quantitative estimate of drug-likeness (QED) is 0.835. The highest BCUT2D eigenvalue weighted by Crippen LogP contribution is 2.38. The lowest BCUT2D eigenvalue weighted by molar-refractivity contribution is 0.102. The van der Waals surface area contributed by atoms with Gasteiger partial charge < -0.3 is 11.1 Å². The van der Waals surface area contributed by atoms with E-state index >= 15 is 0 Å². The fraction of sp³-hybridized carbons (Fsp3) is 0.222. The number of amidine groups is 1. The van der Waals surface area contributed by atoms with E-state index in [1.807, 2.05) is 13.0 Å². The first-order valence-electron chi connectivity index (χ1n) is 7.99. The van der Waals surface area contributed by atoms with Crippen molar-refractivity contribution >= 4 is 28.5 Å². The van der Waals surface area contributed by atoms with Crippen molar-refractivity contribution in [1.82, 2.24) is 9.97 Å². The third-order valence-corrected chi connectivity index (χ3v) is 4.93. The van der Waals surface area contributed by atoms with Crippen LogP contribution in [0.25, 0.3) is 0 Å². The molecule has 0 saturated carbocycles. The Labute approximate surface area is 160 Å². The molecule has 2 aromatic heterocycles. The zero-order valence-electron chi connectivity index (χ0n) is 14.4. The van der Waals surface area contributed by atoms with Crippen molar-refractivity contribution in [2.24, 2.45) is 10.7 Å². The van der Waals surface area contributed by atoms with Gasteiger partial charge in [-0.1, -0.05) is 11.8 Å². The van der Waals surface area contributed by atoms with E-state index in [4.69, 9.17) is 11.0 Å². The first kappa shape index (κ1) is 18.4. The Kier molecular flexibility index (Phi) is 5.06. The van der Waals surface area contributed by atoms with Crippen molar-refractivity contribution in [2.45, 2.75) is 24.1 Å². The minimum atomic E-state index is -0.747. The molecule has 0 radical (unpaired) electrons. The lowest BCUT2D eigenvalue weighted by Crippen LogP contribution is -2.33. The number of thioether (sulfide) groups is 1. The number of carbonyl (C=O) groups is 1. The molecule has 0 bridgehead atoms. The molecule has 0 saturated heterocycles. The Morgan fingerprint density at radius 2 is 2.19 bits per heavy atom. The van der Waals surface area contributed by atoms with Crippen LogP contribution in [0.5, 0.6) is 0 Å². The van der Waals surface area contributed by atoms with Gasteiger partial charge in [0.25, 0.3) is 5.91 Å². The van der Waals surface area contributed by atoms with Crippen molar-refractivity contribution in [1.29, 1.82) is 10.5 Å². The lowest BCUT2D eigenvalue weighted by atomic mass is 9.91. The Morgan fingerprint density at radius 3 is 2.85 bits per heavy atom. The van der Waals surface area contributed by atoms with Crippen molar-refractivity contribution in [3.05, 3.63) is 53.6 Å². The van der Waals surface area contributed by atoms with E-state index in [0.717, 1.165) is 0 Å². The van der Waals surface area contributed by atoms with Crippen LogP contribution in [-0.2, 0) is 5.54 Å². The molecule has 1 aliphatic rings. The van der Waals surface area contributed by atoms with E-state index in [2.05, 4.69) is 26.3 Å². The van der Waals surface area contributed by atoms with Crippen molar-refractivity contribution < 1.29 is 4.79 Å². The normalized spacial score (nSPS) is 21.4. The smallest absolute Gasteiger partial charge is 0.274 e. The molecule has 3 heterocycles. The number of nitrogens with one attached hydrogen (secondary N) is 1. The average molecular weight is 377 g/mol. The van der Waals surface area contributed by atoms with Crippen LogP contribution >= 0.6 is 11.8 Å². The Bertz CT molecular complexity index is 990. The first-order chi connectivity index (χ1) is 12.9. The number of hydrogen-bond donors (Lipinski definition) is 2. The van der Waals surface area contributed by atoms with Crippen LogP contribution in [0.1, 0.15) is 35.1 Å². The molecule has 0 unspecified atom stereocenters. The zero-order chi connectivity index (χ0) is 19.4. The third kappa shape index (κ3) is 4.05. The Hall–Kier alpha value is -3.43. The summed E-state index contributed by atoms with van der Waals surface area (Å²) in [6.07, 6.45) is 3.38. The SMILES string of the molecule is C[C@@]1(c2cc(NC(=O)c3ccc(C#N)cn3)ccn2)C[C@@H](C#N)SC(N)=N1. The summed E-state index contributed by atoms with van der Waals surface area (Å²) in [4.78, 5) is 25.2. The number of rotatable bonds is 3. The van der Waals surface area contributed by atoms with E-state index in [0.29, 0.717) is 28.5 Å². The fourth-order valence-electron chi connectivity index (χ4n) is 2.69. The van der Waals surface area contributed by atoms with E-state index in [1.165, 1.54) is 30.1 Å². The molecule has 8 nitrogen and oxygen atoms in total. The zero-order valence-corrected chi connectivity index (χ0v) is 15.2. The van der Waals surface area contributed by atoms with Gasteiger partial charge in [-0.25, -0.2) is 9.98 Å². The number of pyridine rings is 2. The second kappa shape index (κ2) is 7.44. The number of nitriles is 2. The van der Waals surface area contributed by atoms with Crippen molar-refractivity contribution in [3.63, 3.8) is 0 Å². The van der Waals surface area contributed by atoms with Crippen LogP contribution in [0.15, 0.2) is 41.7 Å². The minimum Gasteiger partial charge on any atom is -0.378 e. The highest BCUT2D eigenvalue weighted by atomic mass is 32.2. The Morgan fingerprint density at radius 1 is 1.37 bits per heavy atom. The molecule has 0 aromatic carbocycles. The molecule has 2 atom stereocenters. The molecule has 0 aliphatic carbocycles. The maximum Gasteiger partial charge on any atom is 0.274 e. The van der Waals surface area contributed by atoms with Gasteiger partial charge in [0.2, 0.25) is 0 Å². The van der Waals surface area contributed by atoms with Crippen LogP contribution in [0.2, 0.25) is 0 Å². The average Bonchev–Trinajstić information content (AvgIpc) is 2.67. The summed E-state index contributed by atoms with van der Waals surface area (Å²) in [5.74, 6) is -0.404. The predicted molar refractivity (Wildman–Crippen MR) is 102 cm³/mol. The maximum atomic E-state index is 12.4. The standard InChI is InChI=1S/C18H15N7OS/c1-18(7-13(9-20)27-17(21)25-18)15-6-12(4-5-22-15)24-16(26)14-3-2-11(8-19)10-23-14/h2-6,10,13H,7H2,1H3,(H2,21,25)(H,22,24,26)/t13-,18-/m0/s1. The monoisotopic (exact) mass is 377 g/mol. The van der Waals surface area contributed by atoms with Crippen LogP contribution in [0.4, 0.5) is 5.69 Å². The van der Waals surface area contributed by atoms with Gasteiger partial charge in [0.05, 0.1) is 17.3 Å². The van der Waals surface area contributed by atoms with Crippen LogP contribution < -0.4 is 11.1 Å². The number of carbonyl (C=O) groups excluding carboxylic acids is 1. The van der Waals surface area contributed by atoms with Gasteiger partial charge in [-0.2, -0.15) is 10.5 Å². The van der Waals surface area contributed by atoms with E-state index < -0.39 is 11.4 Å². The van der Waals surface area contributed by atoms with Crippen LogP contribution in [-0.4, -0.2) is 26.3 Å². The highest BCUT2D eigenvalue weighted by Gasteiger charge is 2.36. The largest absolute Gasteiger partial charge is 0.378 e. The van der Waals surface area contributed by atoms with Gasteiger partial charge in [-0.15, -0.1) is 0 Å². The maximum absolute atomic E-state index is 12.4. The summed E-state index contributed by atoms with van der Waals surface area (Å²) in [6, 6.07) is 10.5. The van der Waals surface area contributed by atoms with Gasteiger partial charge >= 0.3 is 0 Å². The molecular weight excluding hydrogens is 362 g/mol. The number of nitrogens with two attached hydrogens (primary N) is 1. The van der Waals surface area contributed by atoms with E-state index in [9.17, 15) is 10.1 Å². The predicted octanol–water partition coefficient (Wildman–Crippen LogP) is 2.16. The molecular formula is C18H15N7OS. The number of amides is 1. The number of anilines is 1. The van der Waals surface area contributed by atoms with Crippen molar-refractivity contribution in [3.8, 4) is 12.1 Å². The van der Waals surface area contributed by atoms with Gasteiger partial charge in [0.15, 0.2) is 5.17 Å².